The third-order valence-corrected chi connectivity index (χ3v) is 2.81. The molecule has 0 aliphatic heterocycles. The van der Waals surface area contributed by atoms with Crippen LogP contribution in [0.25, 0.3) is 10.9 Å². The van der Waals surface area contributed by atoms with Gasteiger partial charge in [0.15, 0.2) is 0 Å². The molecule has 0 saturated carbocycles. The standard InChI is InChI=1S/C10H11NOS/c1-2-13-11-9-6-4-3-5-8(9)7-10(11)12/h3-7,12H,2H2,1H3. The number of aromatic nitrogens is 1. The molecule has 0 aliphatic carbocycles. The lowest BCUT2D eigenvalue weighted by Crippen LogP contribution is -1.85. The van der Waals surface area contributed by atoms with E-state index >= 15 is 0 Å². The molecule has 2 rings (SSSR count). The highest BCUT2D eigenvalue weighted by Crippen LogP contribution is 2.28. The van der Waals surface area contributed by atoms with Gasteiger partial charge in [-0.3, -0.25) is 3.97 Å². The summed E-state index contributed by atoms with van der Waals surface area (Å²) in [5, 5.41) is 10.7. The van der Waals surface area contributed by atoms with Gasteiger partial charge in [-0.05, 0) is 18.0 Å². The van der Waals surface area contributed by atoms with Gasteiger partial charge in [0.25, 0.3) is 0 Å². The number of benzene rings is 1. The van der Waals surface area contributed by atoms with Crippen molar-refractivity contribution in [2.24, 2.45) is 0 Å². The Balaban J connectivity index is 2.64. The average Bonchev–Trinajstić information content (AvgIpc) is 2.44. The number of para-hydroxylation sites is 1. The molecule has 2 nitrogen and oxygen atoms in total. The van der Waals surface area contributed by atoms with Gasteiger partial charge in [-0.15, -0.1) is 0 Å². The third-order valence-electron chi connectivity index (χ3n) is 1.91. The Morgan fingerprint density at radius 2 is 2.15 bits per heavy atom. The van der Waals surface area contributed by atoms with Gasteiger partial charge in [0.1, 0.15) is 0 Å². The SMILES string of the molecule is CCSn1c(O)cc2ccccc21. The van der Waals surface area contributed by atoms with E-state index in [0.717, 1.165) is 16.7 Å². The van der Waals surface area contributed by atoms with E-state index in [-0.39, 0.29) is 0 Å². The number of aromatic hydroxyl groups is 1. The van der Waals surface area contributed by atoms with Crippen molar-refractivity contribution in [3.05, 3.63) is 30.3 Å². The zero-order valence-electron chi connectivity index (χ0n) is 7.40. The molecule has 13 heavy (non-hydrogen) atoms. The average molecular weight is 193 g/mol. The highest BCUT2D eigenvalue weighted by molar-refractivity contribution is 7.98. The van der Waals surface area contributed by atoms with Gasteiger partial charge in [0.05, 0.1) is 5.52 Å². The van der Waals surface area contributed by atoms with Crippen LogP contribution in [-0.4, -0.2) is 14.8 Å². The zero-order valence-corrected chi connectivity index (χ0v) is 8.21. The molecule has 0 fully saturated rings. The van der Waals surface area contributed by atoms with Crippen molar-refractivity contribution in [3.63, 3.8) is 0 Å². The molecule has 1 heterocycles. The maximum atomic E-state index is 9.61. The summed E-state index contributed by atoms with van der Waals surface area (Å²) in [5.74, 6) is 1.28. The summed E-state index contributed by atoms with van der Waals surface area (Å²) in [6.45, 7) is 2.07. The van der Waals surface area contributed by atoms with E-state index in [1.165, 1.54) is 0 Å². The second kappa shape index (κ2) is 3.34. The van der Waals surface area contributed by atoms with Crippen LogP contribution in [0.5, 0.6) is 5.88 Å². The Bertz CT molecular complexity index is 422. The van der Waals surface area contributed by atoms with Gasteiger partial charge in [-0.1, -0.05) is 25.1 Å². The lowest BCUT2D eigenvalue weighted by Gasteiger charge is -2.02. The van der Waals surface area contributed by atoms with Crippen molar-refractivity contribution < 1.29 is 5.11 Å². The number of hydrogen-bond acceptors (Lipinski definition) is 2. The fraction of sp³-hybridized carbons (Fsp3) is 0.200. The largest absolute Gasteiger partial charge is 0.494 e. The van der Waals surface area contributed by atoms with Crippen LogP contribution in [0.15, 0.2) is 30.3 Å². The topological polar surface area (TPSA) is 25.2 Å². The third kappa shape index (κ3) is 1.40. The Hall–Kier alpha value is -1.09. The smallest absolute Gasteiger partial charge is 0.202 e. The van der Waals surface area contributed by atoms with Crippen molar-refractivity contribution in [1.29, 1.82) is 0 Å². The number of nitrogens with zero attached hydrogens (tertiary/aromatic N) is 1. The molecule has 1 aromatic carbocycles. The number of rotatable bonds is 2. The maximum absolute atomic E-state index is 9.61. The Morgan fingerprint density at radius 3 is 2.92 bits per heavy atom. The molecule has 1 aromatic heterocycles. The maximum Gasteiger partial charge on any atom is 0.202 e. The Kier molecular flexibility index (Phi) is 2.19. The molecule has 0 radical (unpaired) electrons. The normalized spacial score (nSPS) is 10.8. The molecule has 1 N–H and O–H groups in total. The summed E-state index contributed by atoms with van der Waals surface area (Å²) < 4.78 is 1.86. The minimum Gasteiger partial charge on any atom is -0.494 e. The van der Waals surface area contributed by atoms with Crippen LogP contribution >= 0.6 is 11.9 Å². The van der Waals surface area contributed by atoms with E-state index in [0.29, 0.717) is 5.88 Å². The van der Waals surface area contributed by atoms with Gasteiger partial charge < -0.3 is 5.11 Å². The van der Waals surface area contributed by atoms with E-state index in [1.54, 1.807) is 18.0 Å². The predicted octanol–water partition coefficient (Wildman–Crippen LogP) is 2.86. The van der Waals surface area contributed by atoms with Crippen molar-refractivity contribution in [1.82, 2.24) is 3.97 Å². The first-order valence-electron chi connectivity index (χ1n) is 4.25. The van der Waals surface area contributed by atoms with E-state index in [9.17, 15) is 5.11 Å². The molecule has 0 aliphatic rings. The Morgan fingerprint density at radius 1 is 1.38 bits per heavy atom. The van der Waals surface area contributed by atoms with Gasteiger partial charge in [0, 0.05) is 17.2 Å². The fourth-order valence-electron chi connectivity index (χ4n) is 1.38. The number of fused-ring (bicyclic) bond motifs is 1. The van der Waals surface area contributed by atoms with Crippen molar-refractivity contribution in [2.45, 2.75) is 6.92 Å². The second-order valence-corrected chi connectivity index (χ2v) is 3.97. The summed E-state index contributed by atoms with van der Waals surface area (Å²) in [5.41, 5.74) is 1.08. The first-order valence-corrected chi connectivity index (χ1v) is 5.20. The van der Waals surface area contributed by atoms with Crippen molar-refractivity contribution in [2.75, 3.05) is 5.75 Å². The molecular formula is C10H11NOS. The fourth-order valence-corrected chi connectivity index (χ4v) is 2.13. The van der Waals surface area contributed by atoms with Gasteiger partial charge in [-0.2, -0.15) is 0 Å². The van der Waals surface area contributed by atoms with Gasteiger partial charge in [0.2, 0.25) is 5.88 Å². The second-order valence-electron chi connectivity index (χ2n) is 2.77. The monoisotopic (exact) mass is 193 g/mol. The lowest BCUT2D eigenvalue weighted by atomic mass is 10.3. The molecule has 0 bridgehead atoms. The summed E-state index contributed by atoms with van der Waals surface area (Å²) in [4.78, 5) is 0. The molecule has 68 valence electrons. The summed E-state index contributed by atoms with van der Waals surface area (Å²) in [6.07, 6.45) is 0. The van der Waals surface area contributed by atoms with E-state index in [4.69, 9.17) is 0 Å². The summed E-state index contributed by atoms with van der Waals surface area (Å²) in [7, 11) is 0. The summed E-state index contributed by atoms with van der Waals surface area (Å²) >= 11 is 1.60. The first-order chi connectivity index (χ1) is 6.33. The van der Waals surface area contributed by atoms with Crippen LogP contribution in [0.2, 0.25) is 0 Å². The van der Waals surface area contributed by atoms with Crippen LogP contribution in [0.3, 0.4) is 0 Å². The van der Waals surface area contributed by atoms with Crippen LogP contribution < -0.4 is 0 Å². The number of hydrogen-bond donors (Lipinski definition) is 1. The van der Waals surface area contributed by atoms with Crippen molar-refractivity contribution in [3.8, 4) is 5.88 Å². The van der Waals surface area contributed by atoms with Crippen LogP contribution in [-0.2, 0) is 0 Å². The highest BCUT2D eigenvalue weighted by atomic mass is 32.2. The quantitative estimate of drug-likeness (QED) is 0.793. The minimum atomic E-state index is 0.327. The molecule has 0 saturated heterocycles. The van der Waals surface area contributed by atoms with E-state index in [1.807, 2.05) is 28.2 Å². The zero-order chi connectivity index (χ0) is 9.26. The van der Waals surface area contributed by atoms with Crippen molar-refractivity contribution >= 4 is 22.9 Å². The van der Waals surface area contributed by atoms with Crippen LogP contribution in [0, 0.1) is 0 Å². The lowest BCUT2D eigenvalue weighted by molar-refractivity contribution is 0.453. The van der Waals surface area contributed by atoms with Crippen LogP contribution in [0.4, 0.5) is 0 Å². The van der Waals surface area contributed by atoms with Gasteiger partial charge >= 0.3 is 0 Å². The van der Waals surface area contributed by atoms with E-state index < -0.39 is 0 Å². The molecule has 0 amide bonds. The van der Waals surface area contributed by atoms with Gasteiger partial charge in [-0.25, -0.2) is 0 Å². The Labute approximate surface area is 81.3 Å². The van der Waals surface area contributed by atoms with Crippen LogP contribution in [0.1, 0.15) is 6.92 Å². The van der Waals surface area contributed by atoms with E-state index in [2.05, 4.69) is 6.92 Å². The molecule has 3 heteroatoms. The predicted molar refractivity (Wildman–Crippen MR) is 57.1 cm³/mol. The summed E-state index contributed by atoms with van der Waals surface area (Å²) in [6, 6.07) is 9.76. The molecule has 2 aromatic rings. The molecular weight excluding hydrogens is 182 g/mol. The minimum absolute atomic E-state index is 0.327. The molecule has 0 spiro atoms. The molecule has 0 atom stereocenters. The molecule has 0 unspecified atom stereocenters. The highest BCUT2D eigenvalue weighted by Gasteiger charge is 2.05. The first kappa shape index (κ1) is 8.51.